The van der Waals surface area contributed by atoms with Gasteiger partial charge in [-0.25, -0.2) is 0 Å². The number of aromatic nitrogens is 3. The lowest BCUT2D eigenvalue weighted by Gasteiger charge is -2.35. The van der Waals surface area contributed by atoms with Crippen molar-refractivity contribution < 1.29 is 19.0 Å². The monoisotopic (exact) mass is 583 g/mol. The van der Waals surface area contributed by atoms with Crippen LogP contribution in [-0.4, -0.2) is 103 Å². The highest BCUT2D eigenvalue weighted by Crippen LogP contribution is 2.33. The molecule has 0 aliphatic carbocycles. The van der Waals surface area contributed by atoms with E-state index in [0.717, 1.165) is 105 Å². The summed E-state index contributed by atoms with van der Waals surface area (Å²) in [5.41, 5.74) is 3.22. The highest BCUT2D eigenvalue weighted by Gasteiger charge is 2.21. The average molecular weight is 584 g/mol. The van der Waals surface area contributed by atoms with E-state index in [1.54, 1.807) is 0 Å². The van der Waals surface area contributed by atoms with Crippen LogP contribution in [0.2, 0.25) is 0 Å². The molecule has 11 nitrogen and oxygen atoms in total. The molecular weight excluding hydrogens is 546 g/mol. The second kappa shape index (κ2) is 12.6. The Morgan fingerprint density at radius 3 is 2.47 bits per heavy atom. The molecule has 7 rings (SSSR count). The molecule has 43 heavy (non-hydrogen) atoms. The van der Waals surface area contributed by atoms with Gasteiger partial charge < -0.3 is 24.4 Å². The van der Waals surface area contributed by atoms with Gasteiger partial charge in [-0.1, -0.05) is 24.3 Å². The van der Waals surface area contributed by atoms with Crippen LogP contribution in [0.15, 0.2) is 60.8 Å². The third-order valence-electron chi connectivity index (χ3n) is 8.42. The van der Waals surface area contributed by atoms with Crippen LogP contribution in [0.1, 0.15) is 11.1 Å². The van der Waals surface area contributed by atoms with E-state index in [-0.39, 0.29) is 5.91 Å². The average Bonchev–Trinajstić information content (AvgIpc) is 3.67. The van der Waals surface area contributed by atoms with Crippen LogP contribution in [0.4, 0.5) is 5.82 Å². The van der Waals surface area contributed by atoms with Crippen LogP contribution in [-0.2, 0) is 22.5 Å². The molecule has 0 atom stereocenters. The first-order valence-corrected chi connectivity index (χ1v) is 15.1. The highest BCUT2D eigenvalue weighted by molar-refractivity contribution is 5.90. The van der Waals surface area contributed by atoms with Crippen LogP contribution in [0.3, 0.4) is 0 Å². The van der Waals surface area contributed by atoms with Crippen molar-refractivity contribution in [2.45, 2.75) is 13.0 Å². The van der Waals surface area contributed by atoms with Gasteiger partial charge in [0.25, 0.3) is 0 Å². The highest BCUT2D eigenvalue weighted by atomic mass is 16.7. The Kier molecular flexibility index (Phi) is 8.09. The minimum absolute atomic E-state index is 0.0234. The zero-order valence-corrected chi connectivity index (χ0v) is 24.3. The summed E-state index contributed by atoms with van der Waals surface area (Å²) in [4.78, 5) is 19.9. The van der Waals surface area contributed by atoms with Crippen LogP contribution in [0.5, 0.6) is 11.5 Å². The first-order chi connectivity index (χ1) is 21.2. The maximum atomic E-state index is 12.8. The quantitative estimate of drug-likeness (QED) is 0.319. The Balaban J connectivity index is 0.965. The van der Waals surface area contributed by atoms with Crippen LogP contribution in [0, 0.1) is 0 Å². The molecule has 0 spiro atoms. The molecule has 0 unspecified atom stereocenters. The standard InChI is InChI=1S/C32H37N7O4/c40-32(33-9-10-36-15-17-41-18-16-36)20-25-22-39(27-4-2-1-3-26(25)27)31-8-7-30(34-35-31)38-13-11-37(12-14-38)21-24-5-6-28-29(19-24)43-23-42-28/h1-8,19,22H,9-18,20-21,23H2,(H,33,40). The summed E-state index contributed by atoms with van der Waals surface area (Å²) in [6.45, 7) is 9.67. The summed E-state index contributed by atoms with van der Waals surface area (Å²) in [6, 6.07) is 18.4. The van der Waals surface area contributed by atoms with Gasteiger partial charge in [-0.3, -0.25) is 19.2 Å². The molecule has 3 aliphatic rings. The van der Waals surface area contributed by atoms with E-state index in [1.165, 1.54) is 5.56 Å². The van der Waals surface area contributed by atoms with Crippen molar-refractivity contribution in [3.63, 3.8) is 0 Å². The van der Waals surface area contributed by atoms with E-state index in [1.807, 2.05) is 41.1 Å². The fourth-order valence-electron chi connectivity index (χ4n) is 6.04. The molecule has 0 saturated carbocycles. The summed E-state index contributed by atoms with van der Waals surface area (Å²) >= 11 is 0. The molecule has 11 heteroatoms. The fraction of sp³-hybridized carbons (Fsp3) is 0.406. The Morgan fingerprint density at radius 1 is 0.837 bits per heavy atom. The number of morpholine rings is 1. The maximum absolute atomic E-state index is 12.8. The SMILES string of the molecule is O=C(Cc1cn(-c2ccc(N3CCN(Cc4ccc5c(c4)OCO5)CC3)nn2)c2ccccc12)NCCN1CCOCC1. The number of benzene rings is 2. The first kappa shape index (κ1) is 27.6. The number of nitrogens with one attached hydrogen (secondary N) is 1. The second-order valence-corrected chi connectivity index (χ2v) is 11.2. The smallest absolute Gasteiger partial charge is 0.231 e. The summed E-state index contributed by atoms with van der Waals surface area (Å²) in [7, 11) is 0. The molecule has 4 aromatic rings. The van der Waals surface area contributed by atoms with Crippen molar-refractivity contribution in [1.29, 1.82) is 0 Å². The summed E-state index contributed by atoms with van der Waals surface area (Å²) in [5, 5.41) is 13.3. The van der Waals surface area contributed by atoms with Gasteiger partial charge in [-0.05, 0) is 41.5 Å². The predicted molar refractivity (Wildman–Crippen MR) is 163 cm³/mol. The van der Waals surface area contributed by atoms with Gasteiger partial charge in [0.05, 0.1) is 25.2 Å². The van der Waals surface area contributed by atoms with E-state index < -0.39 is 0 Å². The molecule has 2 aromatic carbocycles. The number of anilines is 1. The van der Waals surface area contributed by atoms with Crippen molar-refractivity contribution in [1.82, 2.24) is 29.9 Å². The molecule has 0 bridgehead atoms. The lowest BCUT2D eigenvalue weighted by atomic mass is 10.1. The first-order valence-electron chi connectivity index (χ1n) is 15.1. The van der Waals surface area contributed by atoms with Crippen molar-refractivity contribution >= 4 is 22.6 Å². The van der Waals surface area contributed by atoms with Gasteiger partial charge in [0.2, 0.25) is 12.7 Å². The number of amides is 1. The number of rotatable bonds is 9. The lowest BCUT2D eigenvalue weighted by molar-refractivity contribution is -0.120. The number of carbonyl (C=O) groups is 1. The number of carbonyl (C=O) groups excluding carboxylic acids is 1. The second-order valence-electron chi connectivity index (χ2n) is 11.2. The minimum Gasteiger partial charge on any atom is -0.454 e. The molecular formula is C32H37N7O4. The summed E-state index contributed by atoms with van der Waals surface area (Å²) < 4.78 is 18.4. The third kappa shape index (κ3) is 6.29. The van der Waals surface area contributed by atoms with Crippen molar-refractivity contribution in [3.8, 4) is 17.3 Å². The topological polar surface area (TPSA) is 97.2 Å². The van der Waals surface area contributed by atoms with E-state index in [9.17, 15) is 4.79 Å². The van der Waals surface area contributed by atoms with E-state index in [2.05, 4.69) is 54.5 Å². The molecule has 1 N–H and O–H groups in total. The zero-order chi connectivity index (χ0) is 29.0. The van der Waals surface area contributed by atoms with Gasteiger partial charge in [0.15, 0.2) is 23.1 Å². The van der Waals surface area contributed by atoms with Gasteiger partial charge in [0, 0.05) is 70.5 Å². The number of ether oxygens (including phenoxy) is 3. The Bertz CT molecular complexity index is 1560. The molecule has 3 aliphatic heterocycles. The van der Waals surface area contributed by atoms with Crippen molar-refractivity contribution in [3.05, 3.63) is 71.9 Å². The molecule has 2 aromatic heterocycles. The molecule has 224 valence electrons. The minimum atomic E-state index is 0.0234. The van der Waals surface area contributed by atoms with Crippen LogP contribution < -0.4 is 19.7 Å². The van der Waals surface area contributed by atoms with Crippen LogP contribution >= 0.6 is 0 Å². The molecule has 1 amide bonds. The van der Waals surface area contributed by atoms with Gasteiger partial charge in [-0.15, -0.1) is 10.2 Å². The van der Waals surface area contributed by atoms with E-state index in [4.69, 9.17) is 14.2 Å². The number of nitrogens with zero attached hydrogens (tertiary/aromatic N) is 6. The van der Waals surface area contributed by atoms with Gasteiger partial charge in [0.1, 0.15) is 0 Å². The Morgan fingerprint density at radius 2 is 1.63 bits per heavy atom. The van der Waals surface area contributed by atoms with E-state index in [0.29, 0.717) is 19.8 Å². The number of hydrogen-bond donors (Lipinski definition) is 1. The van der Waals surface area contributed by atoms with Crippen molar-refractivity contribution in [2.24, 2.45) is 0 Å². The lowest BCUT2D eigenvalue weighted by Crippen LogP contribution is -2.46. The van der Waals surface area contributed by atoms with Crippen molar-refractivity contribution in [2.75, 3.05) is 77.3 Å². The summed E-state index contributed by atoms with van der Waals surface area (Å²) in [5.74, 6) is 3.29. The van der Waals surface area contributed by atoms with Crippen LogP contribution in [0.25, 0.3) is 16.7 Å². The summed E-state index contributed by atoms with van der Waals surface area (Å²) in [6.07, 6.45) is 2.34. The largest absolute Gasteiger partial charge is 0.454 e. The number of fused-ring (bicyclic) bond motifs is 2. The number of para-hydroxylation sites is 1. The van der Waals surface area contributed by atoms with Gasteiger partial charge >= 0.3 is 0 Å². The zero-order valence-electron chi connectivity index (χ0n) is 24.3. The Labute approximate surface area is 250 Å². The predicted octanol–water partition coefficient (Wildman–Crippen LogP) is 2.46. The normalized spacial score (nSPS) is 17.4. The van der Waals surface area contributed by atoms with E-state index >= 15 is 0 Å². The Hall–Kier alpha value is -4.19. The maximum Gasteiger partial charge on any atom is 0.231 e. The molecule has 5 heterocycles. The molecule has 0 radical (unpaired) electrons. The number of hydrogen-bond acceptors (Lipinski definition) is 9. The fourth-order valence-corrected chi connectivity index (χ4v) is 6.04. The number of piperazine rings is 1. The third-order valence-corrected chi connectivity index (χ3v) is 8.42. The molecule has 2 saturated heterocycles. The van der Waals surface area contributed by atoms with Gasteiger partial charge in [-0.2, -0.15) is 0 Å². The molecule has 2 fully saturated rings.